The Hall–Kier alpha value is -2.67. The van der Waals surface area contributed by atoms with Crippen LogP contribution in [0.3, 0.4) is 0 Å². The molecule has 1 aliphatic heterocycles. The zero-order chi connectivity index (χ0) is 16.4. The molecule has 4 rings (SSSR count). The molecule has 0 bridgehead atoms. The van der Waals surface area contributed by atoms with Gasteiger partial charge < -0.3 is 9.73 Å². The lowest BCUT2D eigenvalue weighted by Gasteiger charge is -2.09. The summed E-state index contributed by atoms with van der Waals surface area (Å²) in [5.74, 6) is 0.394. The van der Waals surface area contributed by atoms with Crippen molar-refractivity contribution in [1.82, 2.24) is 15.2 Å². The van der Waals surface area contributed by atoms with Gasteiger partial charge in [-0.25, -0.2) is 0 Å². The molecule has 2 aromatic heterocycles. The zero-order valence-electron chi connectivity index (χ0n) is 12.7. The number of nitrogens with one attached hydrogen (secondary N) is 1. The number of carbonyl (C=O) groups excluding carboxylic acids is 1. The maximum Gasteiger partial charge on any atom is 0.277 e. The van der Waals surface area contributed by atoms with Crippen molar-refractivity contribution in [3.8, 4) is 11.5 Å². The Morgan fingerprint density at radius 3 is 2.83 bits per heavy atom. The van der Waals surface area contributed by atoms with Crippen LogP contribution in [0.25, 0.3) is 11.5 Å². The number of para-hydroxylation sites is 1. The molecule has 7 heteroatoms. The monoisotopic (exact) mass is 338 g/mol. The smallest absolute Gasteiger partial charge is 0.277 e. The maximum absolute atomic E-state index is 12.4. The van der Waals surface area contributed by atoms with Crippen LogP contribution in [0.15, 0.2) is 58.4 Å². The maximum atomic E-state index is 12.4. The molecule has 1 aromatic carbocycles. The summed E-state index contributed by atoms with van der Waals surface area (Å²) in [6.45, 7) is 0. The van der Waals surface area contributed by atoms with Crippen molar-refractivity contribution in [3.63, 3.8) is 0 Å². The molecular weight excluding hydrogens is 324 g/mol. The number of aromatic nitrogens is 3. The summed E-state index contributed by atoms with van der Waals surface area (Å²) in [5, 5.41) is 11.2. The number of pyridine rings is 1. The van der Waals surface area contributed by atoms with E-state index in [9.17, 15) is 4.79 Å². The minimum absolute atomic E-state index is 0.0337. The predicted octanol–water partition coefficient (Wildman–Crippen LogP) is 3.18. The number of fused-ring (bicyclic) bond motifs is 1. The summed E-state index contributed by atoms with van der Waals surface area (Å²) in [5.41, 5.74) is 2.84. The summed E-state index contributed by atoms with van der Waals surface area (Å²) < 4.78 is 5.67. The minimum atomic E-state index is -0.261. The SMILES string of the molecule is O=C1Nc2ccccc2CC[C@@H]1Sc1nnc(-c2ccncc2)o1. The second-order valence-corrected chi connectivity index (χ2v) is 6.55. The summed E-state index contributed by atoms with van der Waals surface area (Å²) in [6, 6.07) is 11.5. The summed E-state index contributed by atoms with van der Waals surface area (Å²) in [4.78, 5) is 16.4. The largest absolute Gasteiger partial charge is 0.411 e. The summed E-state index contributed by atoms with van der Waals surface area (Å²) in [6.07, 6.45) is 4.89. The first-order valence-electron chi connectivity index (χ1n) is 7.59. The van der Waals surface area contributed by atoms with Crippen LogP contribution < -0.4 is 5.32 Å². The summed E-state index contributed by atoms with van der Waals surface area (Å²) >= 11 is 1.30. The lowest BCUT2D eigenvalue weighted by atomic mass is 10.1. The van der Waals surface area contributed by atoms with Gasteiger partial charge >= 0.3 is 0 Å². The van der Waals surface area contributed by atoms with E-state index in [-0.39, 0.29) is 11.2 Å². The van der Waals surface area contributed by atoms with Gasteiger partial charge in [0, 0.05) is 23.6 Å². The molecule has 3 heterocycles. The third-order valence-electron chi connectivity index (χ3n) is 3.82. The van der Waals surface area contributed by atoms with Crippen LogP contribution in [0.1, 0.15) is 12.0 Å². The standard InChI is InChI=1S/C17H14N4O2S/c22-15-14(6-5-11-3-1-2-4-13(11)19-15)24-17-21-20-16(23-17)12-7-9-18-10-8-12/h1-4,7-10,14H,5-6H2,(H,19,22)/t14-/m0/s1. The van der Waals surface area contributed by atoms with Crippen LogP contribution in [-0.2, 0) is 11.2 Å². The second-order valence-electron chi connectivity index (χ2n) is 5.40. The summed E-state index contributed by atoms with van der Waals surface area (Å²) in [7, 11) is 0. The molecule has 24 heavy (non-hydrogen) atoms. The molecule has 1 amide bonds. The first-order valence-corrected chi connectivity index (χ1v) is 8.47. The van der Waals surface area contributed by atoms with E-state index >= 15 is 0 Å². The van der Waals surface area contributed by atoms with Crippen molar-refractivity contribution >= 4 is 23.4 Å². The third kappa shape index (κ3) is 3.03. The van der Waals surface area contributed by atoms with Gasteiger partial charge in [0.15, 0.2) is 0 Å². The predicted molar refractivity (Wildman–Crippen MR) is 90.6 cm³/mol. The molecule has 0 fully saturated rings. The molecule has 0 unspecified atom stereocenters. The number of carbonyl (C=O) groups is 1. The van der Waals surface area contributed by atoms with E-state index in [2.05, 4.69) is 20.5 Å². The van der Waals surface area contributed by atoms with E-state index in [0.717, 1.165) is 29.7 Å². The van der Waals surface area contributed by atoms with Gasteiger partial charge in [-0.15, -0.1) is 10.2 Å². The van der Waals surface area contributed by atoms with Crippen LogP contribution in [0.4, 0.5) is 5.69 Å². The van der Waals surface area contributed by atoms with Crippen molar-refractivity contribution in [2.24, 2.45) is 0 Å². The fourth-order valence-corrected chi connectivity index (χ4v) is 3.45. The van der Waals surface area contributed by atoms with E-state index in [0.29, 0.717) is 11.1 Å². The number of anilines is 1. The average Bonchev–Trinajstić information content (AvgIpc) is 3.02. The average molecular weight is 338 g/mol. The molecule has 0 saturated carbocycles. The van der Waals surface area contributed by atoms with Gasteiger partial charge in [0.05, 0.1) is 5.25 Å². The Balaban J connectivity index is 1.50. The number of thioether (sulfide) groups is 1. The highest BCUT2D eigenvalue weighted by Gasteiger charge is 2.26. The first-order chi connectivity index (χ1) is 11.8. The van der Waals surface area contributed by atoms with Crippen molar-refractivity contribution in [2.75, 3.05) is 5.32 Å². The molecule has 0 spiro atoms. The fraction of sp³-hybridized carbons (Fsp3) is 0.176. The lowest BCUT2D eigenvalue weighted by Crippen LogP contribution is -2.23. The second kappa shape index (κ2) is 6.45. The quantitative estimate of drug-likeness (QED) is 0.790. The molecular formula is C17H14N4O2S. The highest BCUT2D eigenvalue weighted by Crippen LogP contribution is 2.32. The van der Waals surface area contributed by atoms with Crippen molar-refractivity contribution in [1.29, 1.82) is 0 Å². The lowest BCUT2D eigenvalue weighted by molar-refractivity contribution is -0.115. The molecule has 1 N–H and O–H groups in total. The molecule has 0 radical (unpaired) electrons. The number of hydrogen-bond donors (Lipinski definition) is 1. The normalized spacial score (nSPS) is 17.0. The van der Waals surface area contributed by atoms with E-state index < -0.39 is 0 Å². The minimum Gasteiger partial charge on any atom is -0.411 e. The van der Waals surface area contributed by atoms with Gasteiger partial charge in [-0.05, 0) is 36.6 Å². The Bertz CT molecular complexity index is 866. The Kier molecular flexibility index (Phi) is 4.00. The fourth-order valence-electron chi connectivity index (χ4n) is 2.59. The van der Waals surface area contributed by atoms with E-state index in [1.54, 1.807) is 24.5 Å². The molecule has 0 saturated heterocycles. The zero-order valence-corrected chi connectivity index (χ0v) is 13.5. The van der Waals surface area contributed by atoms with Gasteiger partial charge in [-0.3, -0.25) is 9.78 Å². The van der Waals surface area contributed by atoms with Crippen molar-refractivity contribution in [3.05, 3.63) is 54.4 Å². The molecule has 1 aliphatic rings. The number of benzene rings is 1. The van der Waals surface area contributed by atoms with Crippen LogP contribution in [-0.4, -0.2) is 26.3 Å². The van der Waals surface area contributed by atoms with Gasteiger partial charge in [0.1, 0.15) is 0 Å². The van der Waals surface area contributed by atoms with Gasteiger partial charge in [-0.1, -0.05) is 30.0 Å². The molecule has 6 nitrogen and oxygen atoms in total. The number of nitrogens with zero attached hydrogens (tertiary/aromatic N) is 3. The Morgan fingerprint density at radius 2 is 1.96 bits per heavy atom. The molecule has 0 aliphatic carbocycles. The number of aryl methyl sites for hydroxylation is 1. The molecule has 1 atom stereocenters. The van der Waals surface area contributed by atoms with E-state index in [1.807, 2.05) is 24.3 Å². The Labute approximate surface area is 142 Å². The highest BCUT2D eigenvalue weighted by atomic mass is 32.2. The van der Waals surface area contributed by atoms with Gasteiger partial charge in [0.2, 0.25) is 11.8 Å². The van der Waals surface area contributed by atoms with Crippen LogP contribution >= 0.6 is 11.8 Å². The number of rotatable bonds is 3. The van der Waals surface area contributed by atoms with Crippen molar-refractivity contribution < 1.29 is 9.21 Å². The van der Waals surface area contributed by atoms with Crippen molar-refractivity contribution in [2.45, 2.75) is 23.3 Å². The highest BCUT2D eigenvalue weighted by molar-refractivity contribution is 8.00. The van der Waals surface area contributed by atoms with Gasteiger partial charge in [0.25, 0.3) is 5.22 Å². The number of amides is 1. The van der Waals surface area contributed by atoms with Crippen LogP contribution in [0.5, 0.6) is 0 Å². The van der Waals surface area contributed by atoms with Gasteiger partial charge in [-0.2, -0.15) is 0 Å². The molecule has 3 aromatic rings. The Morgan fingerprint density at radius 1 is 1.12 bits per heavy atom. The number of hydrogen-bond acceptors (Lipinski definition) is 6. The first kappa shape index (κ1) is 14.9. The van der Waals surface area contributed by atoms with E-state index in [4.69, 9.17) is 4.42 Å². The van der Waals surface area contributed by atoms with Crippen LogP contribution in [0, 0.1) is 0 Å². The third-order valence-corrected chi connectivity index (χ3v) is 4.92. The topological polar surface area (TPSA) is 80.9 Å². The van der Waals surface area contributed by atoms with Crippen LogP contribution in [0.2, 0.25) is 0 Å². The van der Waals surface area contributed by atoms with E-state index in [1.165, 1.54) is 11.8 Å². The molecule has 120 valence electrons.